The highest BCUT2D eigenvalue weighted by Gasteiger charge is 2.23. The molecule has 1 aliphatic rings. The third-order valence-electron chi connectivity index (χ3n) is 4.96. The number of ether oxygens (including phenoxy) is 1. The standard InChI is InChI=1S/C21H24ClF2N3O2/c22-18-3-1-2-4-19(18)27-13-11-26(12-14-27)15-20(28)25-10-9-16-5-7-17(8-6-16)29-21(23)24/h1-8,21H,9-15H2,(H,25,28)/p+1. The monoisotopic (exact) mass is 424 g/mol. The number of nitrogens with zero attached hydrogens (tertiary/aromatic N) is 1. The quantitative estimate of drug-likeness (QED) is 0.681. The Morgan fingerprint density at radius 3 is 2.48 bits per heavy atom. The Morgan fingerprint density at radius 2 is 1.83 bits per heavy atom. The second-order valence-corrected chi connectivity index (χ2v) is 7.39. The molecule has 0 spiro atoms. The first-order chi connectivity index (χ1) is 14.0. The minimum atomic E-state index is -2.82. The van der Waals surface area contributed by atoms with Gasteiger partial charge in [-0.05, 0) is 36.2 Å². The van der Waals surface area contributed by atoms with Gasteiger partial charge in [-0.2, -0.15) is 8.78 Å². The van der Waals surface area contributed by atoms with Gasteiger partial charge in [-0.3, -0.25) is 4.79 Å². The van der Waals surface area contributed by atoms with Gasteiger partial charge in [0.1, 0.15) is 5.75 Å². The zero-order chi connectivity index (χ0) is 20.6. The molecule has 5 nitrogen and oxygen atoms in total. The molecule has 156 valence electrons. The highest BCUT2D eigenvalue weighted by atomic mass is 35.5. The molecular formula is C21H25ClF2N3O2+. The summed E-state index contributed by atoms with van der Waals surface area (Å²) in [7, 11) is 0. The van der Waals surface area contributed by atoms with Crippen molar-refractivity contribution in [2.24, 2.45) is 0 Å². The number of halogens is 3. The smallest absolute Gasteiger partial charge is 0.387 e. The maximum Gasteiger partial charge on any atom is 0.387 e. The van der Waals surface area contributed by atoms with Crippen LogP contribution < -0.4 is 19.9 Å². The Kier molecular flexibility index (Phi) is 7.66. The van der Waals surface area contributed by atoms with E-state index >= 15 is 0 Å². The summed E-state index contributed by atoms with van der Waals surface area (Å²) in [5.41, 5.74) is 2.00. The molecule has 0 unspecified atom stereocenters. The molecule has 1 fully saturated rings. The summed E-state index contributed by atoms with van der Waals surface area (Å²) in [6, 6.07) is 14.3. The Labute approximate surface area is 174 Å². The van der Waals surface area contributed by atoms with E-state index in [1.807, 2.05) is 24.3 Å². The molecule has 0 saturated carbocycles. The maximum atomic E-state index is 12.2. The summed E-state index contributed by atoms with van der Waals surface area (Å²) in [5, 5.41) is 3.68. The topological polar surface area (TPSA) is 46.0 Å². The Hall–Kier alpha value is -2.38. The van der Waals surface area contributed by atoms with E-state index in [4.69, 9.17) is 11.6 Å². The molecule has 2 aromatic rings. The molecule has 1 heterocycles. The highest BCUT2D eigenvalue weighted by Crippen LogP contribution is 2.24. The Morgan fingerprint density at radius 1 is 1.14 bits per heavy atom. The van der Waals surface area contributed by atoms with Crippen molar-refractivity contribution in [3.05, 3.63) is 59.1 Å². The van der Waals surface area contributed by atoms with E-state index in [0.29, 0.717) is 19.5 Å². The number of benzene rings is 2. The van der Waals surface area contributed by atoms with E-state index in [9.17, 15) is 13.6 Å². The number of piperazine rings is 1. The molecular weight excluding hydrogens is 400 g/mol. The van der Waals surface area contributed by atoms with E-state index < -0.39 is 6.61 Å². The Bertz CT molecular complexity index is 797. The van der Waals surface area contributed by atoms with Gasteiger partial charge in [-0.1, -0.05) is 35.9 Å². The number of para-hydroxylation sites is 1. The fourth-order valence-corrected chi connectivity index (χ4v) is 3.68. The van der Waals surface area contributed by atoms with Crippen molar-refractivity contribution in [2.75, 3.05) is 44.2 Å². The fraction of sp³-hybridized carbons (Fsp3) is 0.381. The van der Waals surface area contributed by atoms with Crippen molar-refractivity contribution in [3.8, 4) is 5.75 Å². The Balaban J connectivity index is 1.36. The van der Waals surface area contributed by atoms with Crippen LogP contribution in [0.3, 0.4) is 0 Å². The van der Waals surface area contributed by atoms with Gasteiger partial charge in [0.15, 0.2) is 6.54 Å². The number of rotatable bonds is 8. The van der Waals surface area contributed by atoms with Gasteiger partial charge in [-0.25, -0.2) is 0 Å². The largest absolute Gasteiger partial charge is 0.435 e. The van der Waals surface area contributed by atoms with Crippen LogP contribution in [0.5, 0.6) is 5.75 Å². The molecule has 1 amide bonds. The first kappa shape index (κ1) is 21.3. The number of quaternary nitrogens is 1. The van der Waals surface area contributed by atoms with Crippen molar-refractivity contribution in [1.82, 2.24) is 5.32 Å². The summed E-state index contributed by atoms with van der Waals surface area (Å²) >= 11 is 6.26. The summed E-state index contributed by atoms with van der Waals surface area (Å²) < 4.78 is 28.6. The molecule has 0 aliphatic carbocycles. The van der Waals surface area contributed by atoms with Crippen LogP contribution in [0.15, 0.2) is 48.5 Å². The molecule has 2 N–H and O–H groups in total. The summed E-state index contributed by atoms with van der Waals surface area (Å²) in [4.78, 5) is 15.7. The minimum Gasteiger partial charge on any atom is -0.435 e. The number of hydrogen-bond acceptors (Lipinski definition) is 3. The molecule has 3 rings (SSSR count). The summed E-state index contributed by atoms with van der Waals surface area (Å²) in [6.07, 6.45) is 0.635. The molecule has 0 bridgehead atoms. The van der Waals surface area contributed by atoms with Crippen molar-refractivity contribution in [2.45, 2.75) is 13.0 Å². The van der Waals surface area contributed by atoms with Crippen LogP contribution in [0.4, 0.5) is 14.5 Å². The van der Waals surface area contributed by atoms with Gasteiger partial charge in [-0.15, -0.1) is 0 Å². The maximum absolute atomic E-state index is 12.2. The minimum absolute atomic E-state index is 0.0175. The predicted molar refractivity (Wildman–Crippen MR) is 109 cm³/mol. The second kappa shape index (κ2) is 10.4. The first-order valence-corrected chi connectivity index (χ1v) is 10.0. The highest BCUT2D eigenvalue weighted by molar-refractivity contribution is 6.33. The van der Waals surface area contributed by atoms with Gasteiger partial charge >= 0.3 is 6.61 Å². The van der Waals surface area contributed by atoms with E-state index in [1.165, 1.54) is 17.0 Å². The lowest BCUT2D eigenvalue weighted by molar-refractivity contribution is -0.892. The van der Waals surface area contributed by atoms with E-state index in [0.717, 1.165) is 42.5 Å². The summed E-state index contributed by atoms with van der Waals surface area (Å²) in [5.74, 6) is 0.149. The SMILES string of the molecule is O=C(C[NH+]1CCN(c2ccccc2Cl)CC1)NCCc1ccc(OC(F)F)cc1. The van der Waals surface area contributed by atoms with E-state index in [1.54, 1.807) is 12.1 Å². The van der Waals surface area contributed by atoms with Crippen molar-refractivity contribution in [3.63, 3.8) is 0 Å². The molecule has 0 atom stereocenters. The predicted octanol–water partition coefficient (Wildman–Crippen LogP) is 2.01. The fourth-order valence-electron chi connectivity index (χ4n) is 3.42. The zero-order valence-electron chi connectivity index (χ0n) is 16.0. The molecule has 1 saturated heterocycles. The first-order valence-electron chi connectivity index (χ1n) is 9.65. The lowest BCUT2D eigenvalue weighted by Crippen LogP contribution is -3.16. The summed E-state index contributed by atoms with van der Waals surface area (Å²) in [6.45, 7) is 1.60. The van der Waals surface area contributed by atoms with Crippen LogP contribution in [-0.2, 0) is 11.2 Å². The van der Waals surface area contributed by atoms with Crippen molar-refractivity contribution >= 4 is 23.2 Å². The number of nitrogens with one attached hydrogen (secondary N) is 2. The van der Waals surface area contributed by atoms with Crippen molar-refractivity contribution < 1.29 is 23.2 Å². The molecule has 0 radical (unpaired) electrons. The van der Waals surface area contributed by atoms with Crippen LogP contribution in [0.1, 0.15) is 5.56 Å². The molecule has 1 aliphatic heterocycles. The lowest BCUT2D eigenvalue weighted by atomic mass is 10.1. The molecule has 8 heteroatoms. The lowest BCUT2D eigenvalue weighted by Gasteiger charge is -2.33. The number of carbonyl (C=O) groups excluding carboxylic acids is 1. The van der Waals surface area contributed by atoms with E-state index in [2.05, 4.69) is 15.0 Å². The van der Waals surface area contributed by atoms with Crippen LogP contribution in [-0.4, -0.2) is 51.8 Å². The average Bonchev–Trinajstić information content (AvgIpc) is 2.70. The number of carbonyl (C=O) groups is 1. The molecule has 2 aromatic carbocycles. The van der Waals surface area contributed by atoms with Gasteiger partial charge in [0.2, 0.25) is 0 Å². The number of anilines is 1. The number of alkyl halides is 2. The second-order valence-electron chi connectivity index (χ2n) is 6.99. The normalized spacial score (nSPS) is 14.8. The van der Waals surface area contributed by atoms with Crippen LogP contribution >= 0.6 is 11.6 Å². The van der Waals surface area contributed by atoms with Gasteiger partial charge < -0.3 is 19.9 Å². The van der Waals surface area contributed by atoms with Gasteiger partial charge in [0.25, 0.3) is 5.91 Å². The van der Waals surface area contributed by atoms with E-state index in [-0.39, 0.29) is 11.7 Å². The molecule has 0 aromatic heterocycles. The third kappa shape index (κ3) is 6.58. The zero-order valence-corrected chi connectivity index (χ0v) is 16.8. The van der Waals surface area contributed by atoms with Crippen LogP contribution in [0, 0.1) is 0 Å². The molecule has 29 heavy (non-hydrogen) atoms. The van der Waals surface area contributed by atoms with Gasteiger partial charge in [0, 0.05) is 6.54 Å². The van der Waals surface area contributed by atoms with Crippen LogP contribution in [0.2, 0.25) is 5.02 Å². The van der Waals surface area contributed by atoms with Gasteiger partial charge in [0.05, 0.1) is 36.9 Å². The number of amides is 1. The van der Waals surface area contributed by atoms with Crippen LogP contribution in [0.25, 0.3) is 0 Å². The number of hydrogen-bond donors (Lipinski definition) is 2. The third-order valence-corrected chi connectivity index (χ3v) is 5.28. The average molecular weight is 425 g/mol. The van der Waals surface area contributed by atoms with Crippen molar-refractivity contribution in [1.29, 1.82) is 0 Å².